The van der Waals surface area contributed by atoms with E-state index in [1.54, 1.807) is 7.11 Å². The van der Waals surface area contributed by atoms with E-state index in [0.717, 1.165) is 17.1 Å². The number of thioether (sulfide) groups is 1. The molecule has 0 aliphatic rings. The molecule has 0 amide bonds. The first kappa shape index (κ1) is 13.4. The summed E-state index contributed by atoms with van der Waals surface area (Å²) in [6.45, 7) is 6.61. The molecular formula is C13H21NOS. The maximum atomic E-state index is 6.15. The van der Waals surface area contributed by atoms with Gasteiger partial charge in [0, 0.05) is 16.5 Å². The van der Waals surface area contributed by atoms with E-state index in [1.807, 2.05) is 30.0 Å². The largest absolute Gasteiger partial charge is 0.497 e. The molecule has 1 unspecified atom stereocenters. The van der Waals surface area contributed by atoms with Gasteiger partial charge in [0.15, 0.2) is 0 Å². The van der Waals surface area contributed by atoms with E-state index in [1.165, 1.54) is 0 Å². The molecule has 0 saturated heterocycles. The molecule has 3 heteroatoms. The third-order valence-corrected chi connectivity index (χ3v) is 3.61. The second-order valence-electron chi connectivity index (χ2n) is 4.81. The Balaban J connectivity index is 2.62. The highest BCUT2D eigenvalue weighted by Crippen LogP contribution is 2.28. The molecule has 1 aromatic carbocycles. The second-order valence-corrected chi connectivity index (χ2v) is 6.65. The lowest BCUT2D eigenvalue weighted by molar-refractivity contribution is 0.414. The van der Waals surface area contributed by atoms with Gasteiger partial charge in [0.25, 0.3) is 0 Å². The Bertz CT molecular complexity index is 333. The Morgan fingerprint density at radius 1 is 1.38 bits per heavy atom. The smallest absolute Gasteiger partial charge is 0.119 e. The molecule has 0 saturated carbocycles. The predicted octanol–water partition coefficient (Wildman–Crippen LogP) is 3.23. The van der Waals surface area contributed by atoms with Gasteiger partial charge in [-0.05, 0) is 17.7 Å². The molecule has 1 rings (SSSR count). The predicted molar refractivity (Wildman–Crippen MR) is 72.1 cm³/mol. The van der Waals surface area contributed by atoms with Crippen LogP contribution in [0.1, 0.15) is 32.4 Å². The molecular weight excluding hydrogens is 218 g/mol. The van der Waals surface area contributed by atoms with Gasteiger partial charge < -0.3 is 10.5 Å². The Morgan fingerprint density at radius 3 is 2.62 bits per heavy atom. The van der Waals surface area contributed by atoms with E-state index in [4.69, 9.17) is 10.5 Å². The zero-order chi connectivity index (χ0) is 12.2. The average molecular weight is 239 g/mol. The summed E-state index contributed by atoms with van der Waals surface area (Å²) in [6, 6.07) is 8.05. The van der Waals surface area contributed by atoms with Crippen molar-refractivity contribution in [2.45, 2.75) is 31.6 Å². The molecule has 2 nitrogen and oxygen atoms in total. The number of ether oxygens (including phenoxy) is 1. The van der Waals surface area contributed by atoms with Gasteiger partial charge in [0.05, 0.1) is 7.11 Å². The van der Waals surface area contributed by atoms with Gasteiger partial charge >= 0.3 is 0 Å². The van der Waals surface area contributed by atoms with E-state index < -0.39 is 0 Å². The highest BCUT2D eigenvalue weighted by Gasteiger charge is 2.14. The van der Waals surface area contributed by atoms with Gasteiger partial charge in [-0.25, -0.2) is 0 Å². The van der Waals surface area contributed by atoms with Crippen LogP contribution in [0.25, 0.3) is 0 Å². The third kappa shape index (κ3) is 4.45. The summed E-state index contributed by atoms with van der Waals surface area (Å²) in [5, 5.41) is 0. The summed E-state index contributed by atoms with van der Waals surface area (Å²) in [5.74, 6) is 1.80. The summed E-state index contributed by atoms with van der Waals surface area (Å²) in [4.78, 5) is 0. The molecule has 0 aliphatic heterocycles. The van der Waals surface area contributed by atoms with Crippen LogP contribution < -0.4 is 10.5 Å². The average Bonchev–Trinajstić information content (AvgIpc) is 2.25. The first-order valence-electron chi connectivity index (χ1n) is 5.46. The Morgan fingerprint density at radius 2 is 2.06 bits per heavy atom. The van der Waals surface area contributed by atoms with Crippen LogP contribution in [0, 0.1) is 0 Å². The van der Waals surface area contributed by atoms with E-state index in [-0.39, 0.29) is 10.8 Å². The van der Waals surface area contributed by atoms with Crippen molar-refractivity contribution < 1.29 is 4.74 Å². The van der Waals surface area contributed by atoms with Crippen LogP contribution in [0.4, 0.5) is 0 Å². The maximum absolute atomic E-state index is 6.15. The fourth-order valence-electron chi connectivity index (χ4n) is 1.31. The fourth-order valence-corrected chi connectivity index (χ4v) is 2.18. The minimum Gasteiger partial charge on any atom is -0.497 e. The van der Waals surface area contributed by atoms with Gasteiger partial charge in [-0.1, -0.05) is 32.9 Å². The summed E-state index contributed by atoms with van der Waals surface area (Å²) in [5.41, 5.74) is 7.28. The van der Waals surface area contributed by atoms with Crippen LogP contribution in [0.5, 0.6) is 5.75 Å². The molecule has 1 aromatic rings. The van der Waals surface area contributed by atoms with Gasteiger partial charge in [-0.3, -0.25) is 0 Å². The molecule has 0 aromatic heterocycles. The van der Waals surface area contributed by atoms with Crippen molar-refractivity contribution in [1.82, 2.24) is 0 Å². The standard InChI is InChI=1S/C13H21NOS/c1-13(2,3)16-9-12(14)10-6-5-7-11(8-10)15-4/h5-8,12H,9,14H2,1-4H3. The van der Waals surface area contributed by atoms with Crippen LogP contribution in [0.15, 0.2) is 24.3 Å². The molecule has 1 atom stereocenters. The zero-order valence-electron chi connectivity index (χ0n) is 10.5. The van der Waals surface area contributed by atoms with Crippen LogP contribution >= 0.6 is 11.8 Å². The Kier molecular flexibility index (Phi) is 4.69. The van der Waals surface area contributed by atoms with Gasteiger partial charge in [0.1, 0.15) is 5.75 Å². The van der Waals surface area contributed by atoms with Crippen molar-refractivity contribution in [1.29, 1.82) is 0 Å². The number of rotatable bonds is 4. The van der Waals surface area contributed by atoms with E-state index >= 15 is 0 Å². The number of nitrogens with two attached hydrogens (primary N) is 1. The van der Waals surface area contributed by atoms with Crippen molar-refractivity contribution >= 4 is 11.8 Å². The first-order valence-corrected chi connectivity index (χ1v) is 6.44. The van der Waals surface area contributed by atoms with Crippen molar-refractivity contribution in [3.05, 3.63) is 29.8 Å². The fraction of sp³-hybridized carbons (Fsp3) is 0.538. The highest BCUT2D eigenvalue weighted by atomic mass is 32.2. The van der Waals surface area contributed by atoms with Crippen molar-refractivity contribution in [3.63, 3.8) is 0 Å². The Hall–Kier alpha value is -0.670. The first-order chi connectivity index (χ1) is 7.42. The van der Waals surface area contributed by atoms with Crippen LogP contribution in [-0.4, -0.2) is 17.6 Å². The molecule has 0 aliphatic carbocycles. The van der Waals surface area contributed by atoms with Gasteiger partial charge in [0.2, 0.25) is 0 Å². The van der Waals surface area contributed by atoms with Crippen LogP contribution in [0.2, 0.25) is 0 Å². The SMILES string of the molecule is COc1cccc(C(N)CSC(C)(C)C)c1. The van der Waals surface area contributed by atoms with Crippen molar-refractivity contribution in [2.24, 2.45) is 5.73 Å². The zero-order valence-corrected chi connectivity index (χ0v) is 11.3. The van der Waals surface area contributed by atoms with E-state index in [9.17, 15) is 0 Å². The number of benzene rings is 1. The normalized spacial score (nSPS) is 13.6. The summed E-state index contributed by atoms with van der Waals surface area (Å²) in [6.07, 6.45) is 0. The van der Waals surface area contributed by atoms with E-state index in [2.05, 4.69) is 26.8 Å². The lowest BCUT2D eigenvalue weighted by Crippen LogP contribution is -2.18. The number of methoxy groups -OCH3 is 1. The molecule has 16 heavy (non-hydrogen) atoms. The summed E-state index contributed by atoms with van der Waals surface area (Å²) >= 11 is 1.88. The molecule has 90 valence electrons. The molecule has 0 spiro atoms. The molecule has 0 bridgehead atoms. The quantitative estimate of drug-likeness (QED) is 0.876. The highest BCUT2D eigenvalue weighted by molar-refractivity contribution is 8.00. The lowest BCUT2D eigenvalue weighted by Gasteiger charge is -2.21. The van der Waals surface area contributed by atoms with Gasteiger partial charge in [-0.15, -0.1) is 0 Å². The number of hydrogen-bond donors (Lipinski definition) is 1. The van der Waals surface area contributed by atoms with Gasteiger partial charge in [-0.2, -0.15) is 11.8 Å². The lowest BCUT2D eigenvalue weighted by atomic mass is 10.1. The maximum Gasteiger partial charge on any atom is 0.119 e. The molecule has 0 fully saturated rings. The minimum atomic E-state index is 0.0688. The monoisotopic (exact) mass is 239 g/mol. The molecule has 0 radical (unpaired) electrons. The minimum absolute atomic E-state index is 0.0688. The molecule has 0 heterocycles. The Labute approximate surface area is 103 Å². The summed E-state index contributed by atoms with van der Waals surface area (Å²) < 4.78 is 5.45. The topological polar surface area (TPSA) is 35.2 Å². The van der Waals surface area contributed by atoms with E-state index in [0.29, 0.717) is 0 Å². The van der Waals surface area contributed by atoms with Crippen molar-refractivity contribution in [2.75, 3.05) is 12.9 Å². The summed E-state index contributed by atoms with van der Waals surface area (Å²) in [7, 11) is 1.68. The van der Waals surface area contributed by atoms with Crippen LogP contribution in [0.3, 0.4) is 0 Å². The number of hydrogen-bond acceptors (Lipinski definition) is 3. The molecule has 2 N–H and O–H groups in total. The van der Waals surface area contributed by atoms with Crippen LogP contribution in [-0.2, 0) is 0 Å². The van der Waals surface area contributed by atoms with Crippen molar-refractivity contribution in [3.8, 4) is 5.75 Å². The third-order valence-electron chi connectivity index (χ3n) is 2.22. The second kappa shape index (κ2) is 5.60.